The van der Waals surface area contributed by atoms with Gasteiger partial charge in [0.15, 0.2) is 5.78 Å². The molecule has 0 fully saturated rings. The second-order valence-corrected chi connectivity index (χ2v) is 4.86. The van der Waals surface area contributed by atoms with Crippen LogP contribution in [-0.2, 0) is 0 Å². The van der Waals surface area contributed by atoms with Crippen LogP contribution in [0.2, 0.25) is 0 Å². The van der Waals surface area contributed by atoms with Crippen molar-refractivity contribution in [3.63, 3.8) is 0 Å². The Morgan fingerprint density at radius 1 is 0.955 bits per heavy atom. The fraction of sp³-hybridized carbons (Fsp3) is 0.0625. The fourth-order valence-corrected chi connectivity index (χ4v) is 2.15. The van der Waals surface area contributed by atoms with Gasteiger partial charge in [-0.1, -0.05) is 30.3 Å². The average molecular weight is 319 g/mol. The number of carboxylic acids is 1. The Bertz CT molecular complexity index is 739. The number of benzene rings is 2. The van der Waals surface area contributed by atoms with Crippen LogP contribution in [0.25, 0.3) is 0 Å². The highest BCUT2D eigenvalue weighted by Crippen LogP contribution is 2.23. The number of carboxylic acid groups (broad SMARTS) is 1. The first-order valence-electron chi connectivity index (χ1n) is 6.26. The van der Waals surface area contributed by atoms with Crippen LogP contribution >= 0.6 is 11.6 Å². The Kier molecular flexibility index (Phi) is 4.70. The van der Waals surface area contributed by atoms with E-state index in [9.17, 15) is 19.5 Å². The van der Waals surface area contributed by atoms with E-state index >= 15 is 0 Å². The van der Waals surface area contributed by atoms with Crippen molar-refractivity contribution in [2.45, 2.75) is 6.10 Å². The molecule has 0 aliphatic carbocycles. The summed E-state index contributed by atoms with van der Waals surface area (Å²) < 4.78 is 0. The first-order valence-corrected chi connectivity index (χ1v) is 6.64. The first-order chi connectivity index (χ1) is 10.4. The third kappa shape index (κ3) is 3.21. The third-order valence-corrected chi connectivity index (χ3v) is 3.31. The zero-order chi connectivity index (χ0) is 16.3. The summed E-state index contributed by atoms with van der Waals surface area (Å²) in [5, 5.41) is 18.1. The minimum Gasteiger partial charge on any atom is -0.478 e. The van der Waals surface area contributed by atoms with E-state index in [0.29, 0.717) is 5.56 Å². The summed E-state index contributed by atoms with van der Waals surface area (Å²) in [7, 11) is 0. The van der Waals surface area contributed by atoms with E-state index in [2.05, 4.69) is 0 Å². The van der Waals surface area contributed by atoms with Gasteiger partial charge in [-0.25, -0.2) is 4.79 Å². The predicted octanol–water partition coefficient (Wildman–Crippen LogP) is 2.68. The van der Waals surface area contributed by atoms with Crippen molar-refractivity contribution >= 4 is 28.6 Å². The molecular weight excluding hydrogens is 308 g/mol. The molecule has 0 spiro atoms. The summed E-state index contributed by atoms with van der Waals surface area (Å²) >= 11 is 5.41. The SMILES string of the molecule is O=C(O)c1ccc(C(=O)C(O)c2ccccc2)c(C(=O)Cl)c1. The lowest BCUT2D eigenvalue weighted by Gasteiger charge is -2.12. The number of hydrogen-bond acceptors (Lipinski definition) is 4. The number of rotatable bonds is 5. The molecule has 2 aromatic rings. The Morgan fingerprint density at radius 3 is 2.14 bits per heavy atom. The second kappa shape index (κ2) is 6.51. The van der Waals surface area contributed by atoms with Crippen molar-refractivity contribution in [3.8, 4) is 0 Å². The number of aromatic carboxylic acids is 1. The van der Waals surface area contributed by atoms with Crippen molar-refractivity contribution in [2.24, 2.45) is 0 Å². The summed E-state index contributed by atoms with van der Waals surface area (Å²) in [5.74, 6) is -1.98. The number of aliphatic hydroxyl groups excluding tert-OH is 1. The van der Waals surface area contributed by atoms with Gasteiger partial charge in [-0.15, -0.1) is 0 Å². The molecule has 0 bridgehead atoms. The molecule has 0 heterocycles. The van der Waals surface area contributed by atoms with Gasteiger partial charge in [0, 0.05) is 11.1 Å². The van der Waals surface area contributed by atoms with Gasteiger partial charge in [0.2, 0.25) is 0 Å². The van der Waals surface area contributed by atoms with Crippen LogP contribution in [0.5, 0.6) is 0 Å². The molecule has 112 valence electrons. The van der Waals surface area contributed by atoms with Gasteiger partial charge in [0.1, 0.15) is 6.10 Å². The number of carbonyl (C=O) groups is 3. The minimum atomic E-state index is -1.47. The van der Waals surface area contributed by atoms with E-state index in [1.54, 1.807) is 30.3 Å². The van der Waals surface area contributed by atoms with Crippen LogP contribution < -0.4 is 0 Å². The molecule has 2 rings (SSSR count). The number of halogens is 1. The lowest BCUT2D eigenvalue weighted by molar-refractivity contribution is 0.0694. The molecule has 0 saturated carbocycles. The Hall–Kier alpha value is -2.50. The topological polar surface area (TPSA) is 91.7 Å². The first kappa shape index (κ1) is 15.9. The van der Waals surface area contributed by atoms with Crippen LogP contribution in [0.1, 0.15) is 42.7 Å². The zero-order valence-corrected chi connectivity index (χ0v) is 11.9. The lowest BCUT2D eigenvalue weighted by atomic mass is 9.95. The number of carbonyl (C=O) groups excluding carboxylic acids is 2. The van der Waals surface area contributed by atoms with E-state index in [1.165, 1.54) is 12.1 Å². The highest BCUT2D eigenvalue weighted by Gasteiger charge is 2.24. The second-order valence-electron chi connectivity index (χ2n) is 4.52. The predicted molar refractivity (Wildman–Crippen MR) is 79.3 cm³/mol. The van der Waals surface area contributed by atoms with E-state index in [0.717, 1.165) is 6.07 Å². The maximum Gasteiger partial charge on any atom is 0.335 e. The van der Waals surface area contributed by atoms with Gasteiger partial charge in [-0.05, 0) is 35.4 Å². The summed E-state index contributed by atoms with van der Waals surface area (Å²) in [4.78, 5) is 34.7. The van der Waals surface area contributed by atoms with Gasteiger partial charge in [0.05, 0.1) is 5.56 Å². The number of Topliss-reactive ketones (excluding diaryl/α,β-unsaturated/α-hetero) is 1. The van der Waals surface area contributed by atoms with Crippen molar-refractivity contribution in [1.29, 1.82) is 0 Å². The molecule has 0 aromatic heterocycles. The molecule has 6 heteroatoms. The van der Waals surface area contributed by atoms with Crippen molar-refractivity contribution in [3.05, 3.63) is 70.8 Å². The molecular formula is C16H11ClO5. The largest absolute Gasteiger partial charge is 0.478 e. The highest BCUT2D eigenvalue weighted by molar-refractivity contribution is 6.68. The minimum absolute atomic E-state index is 0.124. The normalized spacial score (nSPS) is 11.7. The molecule has 0 saturated heterocycles. The van der Waals surface area contributed by atoms with Gasteiger partial charge in [0.25, 0.3) is 5.24 Å². The standard InChI is InChI=1S/C16H11ClO5/c17-15(20)12-8-10(16(21)22)6-7-11(12)14(19)13(18)9-4-2-1-3-5-9/h1-8,13,18H,(H,21,22). The van der Waals surface area contributed by atoms with Gasteiger partial charge in [-0.2, -0.15) is 0 Å². The zero-order valence-electron chi connectivity index (χ0n) is 11.2. The van der Waals surface area contributed by atoms with Gasteiger partial charge < -0.3 is 10.2 Å². The molecule has 2 aromatic carbocycles. The van der Waals surface area contributed by atoms with E-state index in [4.69, 9.17) is 16.7 Å². The molecule has 5 nitrogen and oxygen atoms in total. The molecule has 0 radical (unpaired) electrons. The maximum absolute atomic E-state index is 12.3. The van der Waals surface area contributed by atoms with Gasteiger partial charge in [-0.3, -0.25) is 9.59 Å². The summed E-state index contributed by atoms with van der Waals surface area (Å²) in [5.41, 5.74) is -0.180. The van der Waals surface area contributed by atoms with E-state index < -0.39 is 23.1 Å². The molecule has 1 unspecified atom stereocenters. The molecule has 2 N–H and O–H groups in total. The number of hydrogen-bond donors (Lipinski definition) is 2. The van der Waals surface area contributed by atoms with Crippen molar-refractivity contribution < 1.29 is 24.6 Å². The Balaban J connectivity index is 2.45. The van der Waals surface area contributed by atoms with Crippen LogP contribution in [0.15, 0.2) is 48.5 Å². The van der Waals surface area contributed by atoms with Crippen LogP contribution in [0.3, 0.4) is 0 Å². The summed E-state index contributed by atoms with van der Waals surface area (Å²) in [6, 6.07) is 11.6. The maximum atomic E-state index is 12.3. The van der Waals surface area contributed by atoms with Crippen LogP contribution in [0, 0.1) is 0 Å². The fourth-order valence-electron chi connectivity index (χ4n) is 1.99. The number of aliphatic hydroxyl groups is 1. The molecule has 22 heavy (non-hydrogen) atoms. The van der Waals surface area contributed by atoms with Crippen LogP contribution in [0.4, 0.5) is 0 Å². The van der Waals surface area contributed by atoms with E-state index in [-0.39, 0.29) is 16.7 Å². The molecule has 1 atom stereocenters. The van der Waals surface area contributed by atoms with Gasteiger partial charge >= 0.3 is 5.97 Å². The summed E-state index contributed by atoms with van der Waals surface area (Å²) in [6.45, 7) is 0. The third-order valence-electron chi connectivity index (χ3n) is 3.11. The average Bonchev–Trinajstić information content (AvgIpc) is 2.53. The Labute approximate surface area is 130 Å². The van der Waals surface area contributed by atoms with Crippen molar-refractivity contribution in [1.82, 2.24) is 0 Å². The van der Waals surface area contributed by atoms with Crippen molar-refractivity contribution in [2.75, 3.05) is 0 Å². The number of ketones is 1. The monoisotopic (exact) mass is 318 g/mol. The smallest absolute Gasteiger partial charge is 0.335 e. The van der Waals surface area contributed by atoms with E-state index in [1.807, 2.05) is 0 Å². The molecule has 0 amide bonds. The quantitative estimate of drug-likeness (QED) is 0.653. The highest BCUT2D eigenvalue weighted by atomic mass is 35.5. The Morgan fingerprint density at radius 2 is 1.59 bits per heavy atom. The summed E-state index contributed by atoms with van der Waals surface area (Å²) in [6.07, 6.45) is -1.47. The van der Waals surface area contributed by atoms with Crippen LogP contribution in [-0.4, -0.2) is 27.2 Å². The molecule has 0 aliphatic heterocycles. The lowest BCUT2D eigenvalue weighted by Crippen LogP contribution is -2.16. The molecule has 0 aliphatic rings.